The molecule has 0 aromatic heterocycles. The molecule has 2 N–H and O–H groups in total. The standard InChI is InChI=1S/C10H17NO3/c1-6(2)5-8(10(13)14)11-9(12)7-3-4-7/h6-8H,3-5H2,1-2H3,(H,11,12)(H,13,14)/t8-/m1/s1. The molecule has 1 rings (SSSR count). The van der Waals surface area contributed by atoms with E-state index in [9.17, 15) is 9.59 Å². The molecule has 0 radical (unpaired) electrons. The highest BCUT2D eigenvalue weighted by Crippen LogP contribution is 2.29. The predicted molar refractivity (Wildman–Crippen MR) is 51.7 cm³/mol. The number of hydrogen-bond donors (Lipinski definition) is 2. The Morgan fingerprint density at radius 2 is 2.00 bits per heavy atom. The highest BCUT2D eigenvalue weighted by molar-refractivity contribution is 5.86. The summed E-state index contributed by atoms with van der Waals surface area (Å²) >= 11 is 0. The van der Waals surface area contributed by atoms with Crippen LogP contribution >= 0.6 is 0 Å². The van der Waals surface area contributed by atoms with Gasteiger partial charge in [0.2, 0.25) is 5.91 Å². The number of carbonyl (C=O) groups is 2. The minimum atomic E-state index is -0.937. The van der Waals surface area contributed by atoms with Crippen LogP contribution in [0, 0.1) is 11.8 Å². The van der Waals surface area contributed by atoms with Gasteiger partial charge in [0.25, 0.3) is 0 Å². The van der Waals surface area contributed by atoms with Gasteiger partial charge in [-0.05, 0) is 25.2 Å². The van der Waals surface area contributed by atoms with Crippen molar-refractivity contribution in [3.05, 3.63) is 0 Å². The molecule has 0 spiro atoms. The van der Waals surface area contributed by atoms with Crippen molar-refractivity contribution in [1.82, 2.24) is 5.32 Å². The van der Waals surface area contributed by atoms with E-state index in [2.05, 4.69) is 5.32 Å². The van der Waals surface area contributed by atoms with E-state index in [1.54, 1.807) is 0 Å². The van der Waals surface area contributed by atoms with Crippen LogP contribution in [-0.2, 0) is 9.59 Å². The Balaban J connectivity index is 2.41. The minimum absolute atomic E-state index is 0.0732. The molecule has 14 heavy (non-hydrogen) atoms. The lowest BCUT2D eigenvalue weighted by atomic mass is 10.0. The Labute approximate surface area is 83.7 Å². The Bertz CT molecular complexity index is 234. The van der Waals surface area contributed by atoms with Crippen LogP contribution in [0.1, 0.15) is 33.1 Å². The number of hydrogen-bond acceptors (Lipinski definition) is 2. The summed E-state index contributed by atoms with van der Waals surface area (Å²) in [6, 6.07) is -0.719. The molecule has 4 nitrogen and oxygen atoms in total. The molecule has 0 aromatic rings. The zero-order valence-corrected chi connectivity index (χ0v) is 8.62. The lowest BCUT2D eigenvalue weighted by Crippen LogP contribution is -2.42. The number of nitrogens with one attached hydrogen (secondary N) is 1. The van der Waals surface area contributed by atoms with Gasteiger partial charge in [0, 0.05) is 5.92 Å². The monoisotopic (exact) mass is 199 g/mol. The topological polar surface area (TPSA) is 66.4 Å². The second-order valence-electron chi connectivity index (χ2n) is 4.30. The van der Waals surface area contributed by atoms with Gasteiger partial charge in [-0.25, -0.2) is 4.79 Å². The first-order valence-corrected chi connectivity index (χ1v) is 5.04. The highest BCUT2D eigenvalue weighted by Gasteiger charge is 2.32. The molecule has 0 bridgehead atoms. The van der Waals surface area contributed by atoms with Crippen molar-refractivity contribution in [2.45, 2.75) is 39.2 Å². The van der Waals surface area contributed by atoms with Crippen LogP contribution in [0.15, 0.2) is 0 Å². The molecular formula is C10H17NO3. The fourth-order valence-electron chi connectivity index (χ4n) is 1.33. The predicted octanol–water partition coefficient (Wildman–Crippen LogP) is 1.01. The van der Waals surface area contributed by atoms with Crippen molar-refractivity contribution in [2.24, 2.45) is 11.8 Å². The zero-order valence-electron chi connectivity index (χ0n) is 8.62. The summed E-state index contributed by atoms with van der Waals surface area (Å²) < 4.78 is 0. The second kappa shape index (κ2) is 4.44. The van der Waals surface area contributed by atoms with Gasteiger partial charge >= 0.3 is 5.97 Å². The first kappa shape index (κ1) is 11.0. The van der Waals surface area contributed by atoms with E-state index in [1.165, 1.54) is 0 Å². The Kier molecular flexibility index (Phi) is 3.49. The fourth-order valence-corrected chi connectivity index (χ4v) is 1.33. The lowest BCUT2D eigenvalue weighted by molar-refractivity contribution is -0.142. The number of carbonyl (C=O) groups excluding carboxylic acids is 1. The minimum Gasteiger partial charge on any atom is -0.480 e. The molecule has 0 aromatic carbocycles. The molecule has 80 valence electrons. The molecule has 0 unspecified atom stereocenters. The van der Waals surface area contributed by atoms with E-state index in [-0.39, 0.29) is 17.7 Å². The summed E-state index contributed by atoms with van der Waals surface area (Å²) in [5.74, 6) is -0.689. The number of rotatable bonds is 5. The third kappa shape index (κ3) is 3.36. The molecule has 4 heteroatoms. The molecule has 1 saturated carbocycles. The van der Waals surface area contributed by atoms with Gasteiger partial charge in [-0.2, -0.15) is 0 Å². The molecule has 0 aliphatic heterocycles. The number of aliphatic carboxylic acids is 1. The largest absolute Gasteiger partial charge is 0.480 e. The summed E-state index contributed by atoms with van der Waals surface area (Å²) in [6.45, 7) is 3.89. The van der Waals surface area contributed by atoms with Crippen LogP contribution in [0.25, 0.3) is 0 Å². The lowest BCUT2D eigenvalue weighted by Gasteiger charge is -2.16. The van der Waals surface area contributed by atoms with Crippen molar-refractivity contribution in [1.29, 1.82) is 0 Å². The van der Waals surface area contributed by atoms with E-state index in [1.807, 2.05) is 13.8 Å². The maximum atomic E-state index is 11.3. The summed E-state index contributed by atoms with van der Waals surface area (Å²) in [5.41, 5.74) is 0. The molecule has 0 heterocycles. The summed E-state index contributed by atoms with van der Waals surface area (Å²) in [4.78, 5) is 22.1. The van der Waals surface area contributed by atoms with Crippen LogP contribution in [0.3, 0.4) is 0 Å². The van der Waals surface area contributed by atoms with Crippen molar-refractivity contribution in [2.75, 3.05) is 0 Å². The van der Waals surface area contributed by atoms with Crippen molar-refractivity contribution < 1.29 is 14.7 Å². The van der Waals surface area contributed by atoms with Crippen LogP contribution < -0.4 is 5.32 Å². The second-order valence-corrected chi connectivity index (χ2v) is 4.30. The van der Waals surface area contributed by atoms with Gasteiger partial charge in [0.05, 0.1) is 0 Å². The highest BCUT2D eigenvalue weighted by atomic mass is 16.4. The molecule has 0 saturated heterocycles. The van der Waals surface area contributed by atoms with Gasteiger partial charge in [0.15, 0.2) is 0 Å². The number of amides is 1. The zero-order chi connectivity index (χ0) is 10.7. The van der Waals surface area contributed by atoms with Gasteiger partial charge in [-0.1, -0.05) is 13.8 Å². The third-order valence-corrected chi connectivity index (χ3v) is 2.27. The van der Waals surface area contributed by atoms with E-state index in [0.29, 0.717) is 6.42 Å². The molecule has 1 aliphatic rings. The van der Waals surface area contributed by atoms with Crippen LogP contribution in [0.4, 0.5) is 0 Å². The van der Waals surface area contributed by atoms with E-state index in [4.69, 9.17) is 5.11 Å². The van der Waals surface area contributed by atoms with E-state index >= 15 is 0 Å². The molecule has 1 aliphatic carbocycles. The fraction of sp³-hybridized carbons (Fsp3) is 0.800. The van der Waals surface area contributed by atoms with Crippen molar-refractivity contribution in [3.63, 3.8) is 0 Å². The van der Waals surface area contributed by atoms with E-state index < -0.39 is 12.0 Å². The third-order valence-electron chi connectivity index (χ3n) is 2.27. The molecule has 1 amide bonds. The van der Waals surface area contributed by atoms with Gasteiger partial charge in [0.1, 0.15) is 6.04 Å². The van der Waals surface area contributed by atoms with Gasteiger partial charge < -0.3 is 10.4 Å². The number of carboxylic acids is 1. The maximum Gasteiger partial charge on any atom is 0.326 e. The average Bonchev–Trinajstić information content (AvgIpc) is 2.83. The normalized spacial score (nSPS) is 17.9. The van der Waals surface area contributed by atoms with Gasteiger partial charge in [-0.3, -0.25) is 4.79 Å². The van der Waals surface area contributed by atoms with Crippen LogP contribution in [0.2, 0.25) is 0 Å². The average molecular weight is 199 g/mol. The maximum absolute atomic E-state index is 11.3. The van der Waals surface area contributed by atoms with E-state index in [0.717, 1.165) is 12.8 Å². The number of carboxylic acid groups (broad SMARTS) is 1. The van der Waals surface area contributed by atoms with Crippen LogP contribution in [0.5, 0.6) is 0 Å². The summed E-state index contributed by atoms with van der Waals surface area (Å²) in [7, 11) is 0. The summed E-state index contributed by atoms with van der Waals surface area (Å²) in [6.07, 6.45) is 2.30. The SMILES string of the molecule is CC(C)C[C@@H](NC(=O)C1CC1)C(=O)O. The Morgan fingerprint density at radius 3 is 2.36 bits per heavy atom. The Morgan fingerprint density at radius 1 is 1.43 bits per heavy atom. The van der Waals surface area contributed by atoms with Crippen LogP contribution in [-0.4, -0.2) is 23.0 Å². The van der Waals surface area contributed by atoms with Gasteiger partial charge in [-0.15, -0.1) is 0 Å². The summed E-state index contributed by atoms with van der Waals surface area (Å²) in [5, 5.41) is 11.4. The van der Waals surface area contributed by atoms with Crippen molar-refractivity contribution in [3.8, 4) is 0 Å². The Hall–Kier alpha value is -1.06. The molecular weight excluding hydrogens is 182 g/mol. The van der Waals surface area contributed by atoms with Crippen molar-refractivity contribution >= 4 is 11.9 Å². The smallest absolute Gasteiger partial charge is 0.326 e. The first-order chi connectivity index (χ1) is 6.50. The molecule has 1 fully saturated rings. The quantitative estimate of drug-likeness (QED) is 0.694. The first-order valence-electron chi connectivity index (χ1n) is 5.04. The molecule has 1 atom stereocenters.